The fraction of sp³-hybridized carbons (Fsp3) is 0.923. The topological polar surface area (TPSA) is 50.4 Å². The van der Waals surface area contributed by atoms with Crippen LogP contribution in [0.4, 0.5) is 0 Å². The summed E-state index contributed by atoms with van der Waals surface area (Å²) in [6, 6.07) is 0.712. The maximum atomic E-state index is 11.7. The first-order valence-electron chi connectivity index (χ1n) is 6.90. The summed E-state index contributed by atoms with van der Waals surface area (Å²) in [5.41, 5.74) is 0. The zero-order valence-electron chi connectivity index (χ0n) is 11.5. The third kappa shape index (κ3) is 7.24. The lowest BCUT2D eigenvalue weighted by molar-refractivity contribution is -0.121. The average Bonchev–Trinajstić information content (AvgIpc) is 2.38. The molecule has 1 unspecified atom stereocenters. The fourth-order valence-electron chi connectivity index (χ4n) is 1.89. The summed E-state index contributed by atoms with van der Waals surface area (Å²) in [5.74, 6) is 2.43. The van der Waals surface area contributed by atoms with Gasteiger partial charge in [-0.1, -0.05) is 6.92 Å². The van der Waals surface area contributed by atoms with Gasteiger partial charge in [-0.15, -0.1) is 0 Å². The molecule has 1 amide bonds. The number of rotatable bonds is 8. The van der Waals surface area contributed by atoms with Gasteiger partial charge in [-0.2, -0.15) is 11.8 Å². The largest absolute Gasteiger partial charge is 0.381 e. The maximum absolute atomic E-state index is 11.7. The summed E-state index contributed by atoms with van der Waals surface area (Å²) in [6.07, 6.45) is 2.99. The molecule has 106 valence electrons. The Labute approximate surface area is 115 Å². The second-order valence-electron chi connectivity index (χ2n) is 4.72. The lowest BCUT2D eigenvalue weighted by atomic mass is 10.1. The molecule has 4 nitrogen and oxygen atoms in total. The Hall–Kier alpha value is -0.260. The van der Waals surface area contributed by atoms with Gasteiger partial charge >= 0.3 is 0 Å². The Bertz CT molecular complexity index is 233. The number of hydrogen-bond donors (Lipinski definition) is 2. The van der Waals surface area contributed by atoms with E-state index in [0.717, 1.165) is 44.0 Å². The molecule has 0 spiro atoms. The second-order valence-corrected chi connectivity index (χ2v) is 6.12. The van der Waals surface area contributed by atoms with Crippen molar-refractivity contribution in [2.75, 3.05) is 31.3 Å². The Kier molecular flexibility index (Phi) is 8.46. The average molecular weight is 274 g/mol. The summed E-state index contributed by atoms with van der Waals surface area (Å²) in [6.45, 7) is 6.27. The molecule has 0 bridgehead atoms. The molecule has 2 N–H and O–H groups in total. The van der Waals surface area contributed by atoms with E-state index in [1.807, 2.05) is 11.8 Å². The van der Waals surface area contributed by atoms with E-state index in [0.29, 0.717) is 18.6 Å². The van der Waals surface area contributed by atoms with Crippen molar-refractivity contribution in [2.24, 2.45) is 0 Å². The predicted molar refractivity (Wildman–Crippen MR) is 77.1 cm³/mol. The summed E-state index contributed by atoms with van der Waals surface area (Å²) < 4.78 is 5.27. The van der Waals surface area contributed by atoms with Crippen LogP contribution in [-0.4, -0.2) is 49.3 Å². The first kappa shape index (κ1) is 15.8. The van der Waals surface area contributed by atoms with Crippen molar-refractivity contribution in [3.63, 3.8) is 0 Å². The number of amides is 1. The molecule has 1 rings (SSSR count). The first-order chi connectivity index (χ1) is 8.72. The predicted octanol–water partition coefficient (Wildman–Crippen LogP) is 1.40. The smallest absolute Gasteiger partial charge is 0.234 e. The highest BCUT2D eigenvalue weighted by molar-refractivity contribution is 7.99. The van der Waals surface area contributed by atoms with Gasteiger partial charge in [0.1, 0.15) is 0 Å². The molecular weight excluding hydrogens is 248 g/mol. The molecule has 18 heavy (non-hydrogen) atoms. The third-order valence-electron chi connectivity index (χ3n) is 3.10. The number of carbonyl (C=O) groups is 1. The highest BCUT2D eigenvalue weighted by atomic mass is 32.2. The lowest BCUT2D eigenvalue weighted by Crippen LogP contribution is -2.44. The van der Waals surface area contributed by atoms with E-state index in [-0.39, 0.29) is 5.91 Å². The molecule has 0 aromatic rings. The zero-order chi connectivity index (χ0) is 13.2. The highest BCUT2D eigenvalue weighted by Gasteiger charge is 2.16. The summed E-state index contributed by atoms with van der Waals surface area (Å²) in [5, 5.41) is 6.33. The minimum Gasteiger partial charge on any atom is -0.381 e. The van der Waals surface area contributed by atoms with Crippen molar-refractivity contribution >= 4 is 17.7 Å². The molecule has 1 aliphatic heterocycles. The van der Waals surface area contributed by atoms with E-state index in [1.165, 1.54) is 0 Å². The van der Waals surface area contributed by atoms with Gasteiger partial charge in [0.15, 0.2) is 0 Å². The van der Waals surface area contributed by atoms with Crippen LogP contribution >= 0.6 is 11.8 Å². The quantitative estimate of drug-likeness (QED) is 0.657. The molecule has 0 aromatic carbocycles. The number of ether oxygens (including phenoxy) is 1. The van der Waals surface area contributed by atoms with E-state index < -0.39 is 0 Å². The van der Waals surface area contributed by atoms with E-state index in [2.05, 4.69) is 24.5 Å². The van der Waals surface area contributed by atoms with Gasteiger partial charge < -0.3 is 15.4 Å². The van der Waals surface area contributed by atoms with Crippen LogP contribution in [0.15, 0.2) is 0 Å². The lowest BCUT2D eigenvalue weighted by Gasteiger charge is -2.23. The van der Waals surface area contributed by atoms with Gasteiger partial charge in [0.05, 0.1) is 6.54 Å². The molecule has 5 heteroatoms. The second kappa shape index (κ2) is 9.64. The van der Waals surface area contributed by atoms with Crippen LogP contribution in [0.25, 0.3) is 0 Å². The van der Waals surface area contributed by atoms with Crippen molar-refractivity contribution < 1.29 is 9.53 Å². The molecule has 1 atom stereocenters. The van der Waals surface area contributed by atoms with Gasteiger partial charge in [0, 0.05) is 25.3 Å². The van der Waals surface area contributed by atoms with Crippen molar-refractivity contribution in [3.05, 3.63) is 0 Å². The van der Waals surface area contributed by atoms with Crippen molar-refractivity contribution in [1.29, 1.82) is 0 Å². The number of thioether (sulfide) groups is 1. The van der Waals surface area contributed by atoms with E-state index in [4.69, 9.17) is 4.74 Å². The standard InChI is InChI=1S/C13H26N2O2S/c1-3-18-9-6-11(2)14-10-13(16)15-12-4-7-17-8-5-12/h11-12,14H,3-10H2,1-2H3,(H,15,16). The Balaban J connectivity index is 2.04. The normalized spacial score (nSPS) is 18.6. The molecule has 0 saturated carbocycles. The van der Waals surface area contributed by atoms with E-state index >= 15 is 0 Å². The molecule has 1 fully saturated rings. The first-order valence-corrected chi connectivity index (χ1v) is 8.06. The van der Waals surface area contributed by atoms with Gasteiger partial charge in [0.2, 0.25) is 5.91 Å². The molecule has 0 aromatic heterocycles. The number of nitrogens with one attached hydrogen (secondary N) is 2. The fourth-order valence-corrected chi connectivity index (χ4v) is 2.70. The Morgan fingerprint density at radius 1 is 1.44 bits per heavy atom. The molecule has 1 aliphatic rings. The van der Waals surface area contributed by atoms with Crippen LogP contribution in [0.5, 0.6) is 0 Å². The van der Waals surface area contributed by atoms with Crippen LogP contribution in [-0.2, 0) is 9.53 Å². The monoisotopic (exact) mass is 274 g/mol. The van der Waals surface area contributed by atoms with Crippen LogP contribution in [0.3, 0.4) is 0 Å². The summed E-state index contributed by atoms with van der Waals surface area (Å²) in [7, 11) is 0. The molecule has 0 aliphatic carbocycles. The Morgan fingerprint density at radius 2 is 2.17 bits per heavy atom. The minimum absolute atomic E-state index is 0.108. The van der Waals surface area contributed by atoms with E-state index in [1.54, 1.807) is 0 Å². The van der Waals surface area contributed by atoms with Gasteiger partial charge in [-0.3, -0.25) is 4.79 Å². The number of hydrogen-bond acceptors (Lipinski definition) is 4. The third-order valence-corrected chi connectivity index (χ3v) is 4.03. The minimum atomic E-state index is 0.108. The van der Waals surface area contributed by atoms with Gasteiger partial charge in [0.25, 0.3) is 0 Å². The zero-order valence-corrected chi connectivity index (χ0v) is 12.4. The van der Waals surface area contributed by atoms with Crippen molar-refractivity contribution in [3.8, 4) is 0 Å². The van der Waals surface area contributed by atoms with Gasteiger partial charge in [-0.05, 0) is 37.7 Å². The molecular formula is C13H26N2O2S. The summed E-state index contributed by atoms with van der Waals surface area (Å²) >= 11 is 1.94. The van der Waals surface area contributed by atoms with Gasteiger partial charge in [-0.25, -0.2) is 0 Å². The van der Waals surface area contributed by atoms with Crippen LogP contribution in [0.1, 0.15) is 33.1 Å². The van der Waals surface area contributed by atoms with Crippen molar-refractivity contribution in [1.82, 2.24) is 10.6 Å². The van der Waals surface area contributed by atoms with E-state index in [9.17, 15) is 4.79 Å². The number of carbonyl (C=O) groups excluding carboxylic acids is 1. The molecule has 0 radical (unpaired) electrons. The van der Waals surface area contributed by atoms with Crippen molar-refractivity contribution in [2.45, 2.75) is 45.2 Å². The van der Waals surface area contributed by atoms with Crippen LogP contribution in [0.2, 0.25) is 0 Å². The highest BCUT2D eigenvalue weighted by Crippen LogP contribution is 2.06. The SMILES string of the molecule is CCSCCC(C)NCC(=O)NC1CCOCC1. The molecule has 1 saturated heterocycles. The van der Waals surface area contributed by atoms with Crippen LogP contribution < -0.4 is 10.6 Å². The summed E-state index contributed by atoms with van der Waals surface area (Å²) in [4.78, 5) is 11.7. The molecule has 1 heterocycles. The van der Waals surface area contributed by atoms with Crippen LogP contribution in [0, 0.1) is 0 Å². The Morgan fingerprint density at radius 3 is 2.83 bits per heavy atom. The maximum Gasteiger partial charge on any atom is 0.234 e.